The zero-order chi connectivity index (χ0) is 13.0. The van der Waals surface area contributed by atoms with E-state index in [0.29, 0.717) is 10.9 Å². The summed E-state index contributed by atoms with van der Waals surface area (Å²) in [5.41, 5.74) is 0. The molecule has 0 saturated carbocycles. The second-order valence-electron chi connectivity index (χ2n) is 3.74. The quantitative estimate of drug-likeness (QED) is 0.927. The predicted molar refractivity (Wildman–Crippen MR) is 77.1 cm³/mol. The lowest BCUT2D eigenvalue weighted by Crippen LogP contribution is -2.38. The van der Waals surface area contributed by atoms with Crippen LogP contribution in [0.25, 0.3) is 0 Å². The third-order valence-electron chi connectivity index (χ3n) is 2.31. The third kappa shape index (κ3) is 3.74. The van der Waals surface area contributed by atoms with Crippen molar-refractivity contribution in [1.29, 1.82) is 0 Å². The van der Waals surface area contributed by atoms with Gasteiger partial charge in [0.05, 0.1) is 6.54 Å². The van der Waals surface area contributed by atoms with Crippen molar-refractivity contribution < 1.29 is 9.53 Å². The van der Waals surface area contributed by atoms with E-state index in [1.165, 1.54) is 0 Å². The summed E-state index contributed by atoms with van der Waals surface area (Å²) in [5, 5.41) is 3.44. The Labute approximate surface area is 118 Å². The number of nitrogens with zero attached hydrogens (tertiary/aromatic N) is 1. The van der Waals surface area contributed by atoms with Gasteiger partial charge in [-0.15, -0.1) is 0 Å². The van der Waals surface area contributed by atoms with Crippen LogP contribution in [0.3, 0.4) is 0 Å². The van der Waals surface area contributed by atoms with Gasteiger partial charge in [-0.3, -0.25) is 9.79 Å². The zero-order valence-corrected chi connectivity index (χ0v) is 12.3. The summed E-state index contributed by atoms with van der Waals surface area (Å²) in [6.45, 7) is 2.49. The summed E-state index contributed by atoms with van der Waals surface area (Å²) in [5.74, 6) is 1.42. The highest BCUT2D eigenvalue weighted by molar-refractivity contribution is 9.10. The Hall–Kier alpha value is -1.01. The number of amidine groups is 1. The summed E-state index contributed by atoms with van der Waals surface area (Å²) < 4.78 is 6.52. The molecule has 18 heavy (non-hydrogen) atoms. The summed E-state index contributed by atoms with van der Waals surface area (Å²) in [6.07, 6.45) is -0.546. The Bertz CT molecular complexity index is 462. The highest BCUT2D eigenvalue weighted by atomic mass is 79.9. The molecule has 0 radical (unpaired) electrons. The fourth-order valence-corrected chi connectivity index (χ4v) is 2.38. The molecule has 1 heterocycles. The molecular weight excluding hydrogens is 316 g/mol. The molecule has 0 bridgehead atoms. The minimum atomic E-state index is -0.546. The summed E-state index contributed by atoms with van der Waals surface area (Å²) in [4.78, 5) is 16.0. The normalized spacial score (nSPS) is 16.0. The number of nitrogens with one attached hydrogen (secondary N) is 1. The maximum atomic E-state index is 11.8. The molecule has 0 spiro atoms. The van der Waals surface area contributed by atoms with E-state index in [1.807, 2.05) is 24.3 Å². The number of carbonyl (C=O) groups excluding carboxylic acids is 1. The fraction of sp³-hybridized carbons (Fsp3) is 0.333. The maximum Gasteiger partial charge on any atom is 0.266 e. The Morgan fingerprint density at radius 3 is 2.83 bits per heavy atom. The molecule has 6 heteroatoms. The Kier molecular flexibility index (Phi) is 4.66. The maximum absolute atomic E-state index is 11.8. The van der Waals surface area contributed by atoms with Crippen molar-refractivity contribution in [3.8, 4) is 5.75 Å². The predicted octanol–water partition coefficient (Wildman–Crippen LogP) is 2.44. The van der Waals surface area contributed by atoms with Crippen LogP contribution in [0.15, 0.2) is 33.7 Å². The van der Waals surface area contributed by atoms with Gasteiger partial charge in [-0.05, 0) is 31.2 Å². The number of halogens is 1. The van der Waals surface area contributed by atoms with E-state index in [2.05, 4.69) is 26.2 Å². The van der Waals surface area contributed by atoms with Crippen molar-refractivity contribution in [2.45, 2.75) is 13.0 Å². The van der Waals surface area contributed by atoms with Crippen LogP contribution in [-0.2, 0) is 4.79 Å². The van der Waals surface area contributed by atoms with Gasteiger partial charge in [0.1, 0.15) is 5.75 Å². The Morgan fingerprint density at radius 1 is 1.50 bits per heavy atom. The van der Waals surface area contributed by atoms with Gasteiger partial charge >= 0.3 is 0 Å². The molecule has 1 N–H and O–H groups in total. The van der Waals surface area contributed by atoms with Crippen molar-refractivity contribution in [2.75, 3.05) is 12.3 Å². The van der Waals surface area contributed by atoms with Gasteiger partial charge in [0.2, 0.25) is 0 Å². The van der Waals surface area contributed by atoms with Gasteiger partial charge in [0.15, 0.2) is 11.3 Å². The first-order chi connectivity index (χ1) is 8.65. The molecule has 0 fully saturated rings. The lowest BCUT2D eigenvalue weighted by molar-refractivity contribution is -0.125. The highest BCUT2D eigenvalue weighted by Gasteiger charge is 2.18. The van der Waals surface area contributed by atoms with E-state index in [4.69, 9.17) is 4.74 Å². The Balaban J connectivity index is 1.88. The summed E-state index contributed by atoms with van der Waals surface area (Å²) >= 11 is 4.90. The van der Waals surface area contributed by atoms with Crippen LogP contribution in [0.5, 0.6) is 5.75 Å². The van der Waals surface area contributed by atoms with Crippen LogP contribution < -0.4 is 10.1 Å². The van der Waals surface area contributed by atoms with Crippen LogP contribution >= 0.6 is 27.7 Å². The number of rotatable bonds is 3. The number of hydrogen-bond acceptors (Lipinski definition) is 4. The van der Waals surface area contributed by atoms with Crippen LogP contribution in [0, 0.1) is 0 Å². The molecule has 0 aromatic heterocycles. The standard InChI is InChI=1S/C12H13BrN2O2S/c1-8(11(16)15-12-14-6-7-18-12)17-10-4-2-9(13)3-5-10/h2-5,8H,6-7H2,1H3,(H,14,15,16). The first-order valence-electron chi connectivity index (χ1n) is 5.55. The van der Waals surface area contributed by atoms with Crippen molar-refractivity contribution in [3.63, 3.8) is 0 Å². The van der Waals surface area contributed by atoms with Crippen LogP contribution in [0.2, 0.25) is 0 Å². The van der Waals surface area contributed by atoms with Crippen LogP contribution in [0.4, 0.5) is 0 Å². The average Bonchev–Trinajstić information content (AvgIpc) is 2.85. The number of ether oxygens (including phenoxy) is 1. The van der Waals surface area contributed by atoms with Crippen molar-refractivity contribution in [1.82, 2.24) is 5.32 Å². The number of thioether (sulfide) groups is 1. The lowest BCUT2D eigenvalue weighted by atomic mass is 10.3. The molecule has 1 aliphatic rings. The number of amides is 1. The second kappa shape index (κ2) is 6.24. The largest absolute Gasteiger partial charge is 0.481 e. The monoisotopic (exact) mass is 328 g/mol. The first kappa shape index (κ1) is 13.4. The summed E-state index contributed by atoms with van der Waals surface area (Å²) in [7, 11) is 0. The Morgan fingerprint density at radius 2 is 2.22 bits per heavy atom. The number of hydrogen-bond donors (Lipinski definition) is 1. The second-order valence-corrected chi connectivity index (χ2v) is 5.74. The first-order valence-corrected chi connectivity index (χ1v) is 7.33. The van der Waals surface area contributed by atoms with Gasteiger partial charge in [-0.2, -0.15) is 0 Å². The molecule has 1 amide bonds. The minimum Gasteiger partial charge on any atom is -0.481 e. The fourth-order valence-electron chi connectivity index (χ4n) is 1.39. The highest BCUT2D eigenvalue weighted by Crippen LogP contribution is 2.17. The van der Waals surface area contributed by atoms with Gasteiger partial charge < -0.3 is 10.1 Å². The topological polar surface area (TPSA) is 50.7 Å². The van der Waals surface area contributed by atoms with Gasteiger partial charge in [0, 0.05) is 10.2 Å². The van der Waals surface area contributed by atoms with E-state index in [9.17, 15) is 4.79 Å². The molecular formula is C12H13BrN2O2S. The van der Waals surface area contributed by atoms with Crippen molar-refractivity contribution in [3.05, 3.63) is 28.7 Å². The van der Waals surface area contributed by atoms with E-state index in [1.54, 1.807) is 18.7 Å². The molecule has 1 unspecified atom stereocenters. The number of benzene rings is 1. The molecule has 2 rings (SSSR count). The van der Waals surface area contributed by atoms with E-state index in [-0.39, 0.29) is 5.91 Å². The van der Waals surface area contributed by atoms with E-state index in [0.717, 1.165) is 16.8 Å². The van der Waals surface area contributed by atoms with E-state index < -0.39 is 6.10 Å². The van der Waals surface area contributed by atoms with E-state index >= 15 is 0 Å². The molecule has 0 aliphatic carbocycles. The molecule has 4 nitrogen and oxygen atoms in total. The summed E-state index contributed by atoms with van der Waals surface area (Å²) in [6, 6.07) is 7.37. The molecule has 0 saturated heterocycles. The minimum absolute atomic E-state index is 0.175. The number of carbonyl (C=O) groups is 1. The SMILES string of the molecule is CC(Oc1ccc(Br)cc1)C(=O)NC1=NCCS1. The average molecular weight is 329 g/mol. The van der Waals surface area contributed by atoms with Gasteiger partial charge in [0.25, 0.3) is 5.91 Å². The molecule has 1 aliphatic heterocycles. The van der Waals surface area contributed by atoms with Gasteiger partial charge in [-0.1, -0.05) is 27.7 Å². The van der Waals surface area contributed by atoms with Gasteiger partial charge in [-0.25, -0.2) is 0 Å². The third-order valence-corrected chi connectivity index (χ3v) is 3.73. The molecule has 96 valence electrons. The molecule has 1 aromatic rings. The lowest BCUT2D eigenvalue weighted by Gasteiger charge is -2.14. The molecule has 1 aromatic carbocycles. The van der Waals surface area contributed by atoms with Crippen molar-refractivity contribution in [2.24, 2.45) is 4.99 Å². The molecule has 1 atom stereocenters. The zero-order valence-electron chi connectivity index (χ0n) is 9.85. The number of aliphatic imine (C=N–C) groups is 1. The smallest absolute Gasteiger partial charge is 0.266 e. The van der Waals surface area contributed by atoms with Crippen molar-refractivity contribution >= 4 is 38.8 Å². The van der Waals surface area contributed by atoms with Crippen LogP contribution in [0.1, 0.15) is 6.92 Å². The van der Waals surface area contributed by atoms with Crippen LogP contribution in [-0.4, -0.2) is 29.5 Å².